The highest BCUT2D eigenvalue weighted by Gasteiger charge is 2.07. The van der Waals surface area contributed by atoms with E-state index in [1.807, 2.05) is 55.5 Å². The van der Waals surface area contributed by atoms with E-state index < -0.39 is 0 Å². The number of rotatable bonds is 2. The molecule has 1 aromatic heterocycles. The lowest BCUT2D eigenvalue weighted by Gasteiger charge is -2.10. The third-order valence-electron chi connectivity index (χ3n) is 3.04. The predicted molar refractivity (Wildman–Crippen MR) is 85.7 cm³/mol. The SMILES string of the molecule is Cc1nc(Oc2ccc(Cl)c3ccccc23)ccc1Br. The van der Waals surface area contributed by atoms with Crippen LogP contribution in [0.4, 0.5) is 0 Å². The molecule has 0 spiro atoms. The number of aryl methyl sites for hydroxylation is 1. The van der Waals surface area contributed by atoms with E-state index in [1.54, 1.807) is 0 Å². The number of benzene rings is 2. The number of hydrogen-bond donors (Lipinski definition) is 0. The van der Waals surface area contributed by atoms with Crippen molar-refractivity contribution >= 4 is 38.3 Å². The quantitative estimate of drug-likeness (QED) is 0.588. The summed E-state index contributed by atoms with van der Waals surface area (Å²) in [6.07, 6.45) is 0. The van der Waals surface area contributed by atoms with Crippen LogP contribution >= 0.6 is 27.5 Å². The van der Waals surface area contributed by atoms with Gasteiger partial charge in [0.2, 0.25) is 5.88 Å². The van der Waals surface area contributed by atoms with Crippen LogP contribution < -0.4 is 4.74 Å². The van der Waals surface area contributed by atoms with Crippen LogP contribution in [0.3, 0.4) is 0 Å². The lowest BCUT2D eigenvalue weighted by atomic mass is 10.1. The molecule has 100 valence electrons. The van der Waals surface area contributed by atoms with Crippen molar-refractivity contribution in [3.63, 3.8) is 0 Å². The molecule has 3 aromatic rings. The summed E-state index contributed by atoms with van der Waals surface area (Å²) in [4.78, 5) is 4.40. The number of halogens is 2. The van der Waals surface area contributed by atoms with Crippen molar-refractivity contribution < 1.29 is 4.74 Å². The van der Waals surface area contributed by atoms with Crippen LogP contribution in [0, 0.1) is 6.92 Å². The Labute approximate surface area is 130 Å². The minimum atomic E-state index is 0.568. The highest BCUT2D eigenvalue weighted by Crippen LogP contribution is 2.33. The van der Waals surface area contributed by atoms with Gasteiger partial charge >= 0.3 is 0 Å². The van der Waals surface area contributed by atoms with E-state index in [1.165, 1.54) is 0 Å². The molecule has 3 rings (SSSR count). The first-order chi connectivity index (χ1) is 9.65. The molecule has 0 saturated heterocycles. The summed E-state index contributed by atoms with van der Waals surface area (Å²) in [5.74, 6) is 1.32. The third kappa shape index (κ3) is 2.51. The highest BCUT2D eigenvalue weighted by molar-refractivity contribution is 9.10. The second kappa shape index (κ2) is 5.43. The molecule has 0 amide bonds. The fourth-order valence-corrected chi connectivity index (χ4v) is 2.46. The molecule has 0 N–H and O–H groups in total. The van der Waals surface area contributed by atoms with Gasteiger partial charge in [-0.3, -0.25) is 0 Å². The molecule has 0 saturated carbocycles. The zero-order valence-corrected chi connectivity index (χ0v) is 13.1. The molecule has 0 aliphatic carbocycles. The molecule has 0 bridgehead atoms. The number of pyridine rings is 1. The topological polar surface area (TPSA) is 22.1 Å². The number of aromatic nitrogens is 1. The van der Waals surface area contributed by atoms with Crippen molar-refractivity contribution in [2.24, 2.45) is 0 Å². The Hall–Kier alpha value is -1.58. The van der Waals surface area contributed by atoms with Crippen molar-refractivity contribution in [2.75, 3.05) is 0 Å². The molecule has 0 unspecified atom stereocenters. The monoisotopic (exact) mass is 347 g/mol. The molecular weight excluding hydrogens is 338 g/mol. The molecular formula is C16H11BrClNO. The first kappa shape index (κ1) is 13.4. The maximum absolute atomic E-state index is 6.20. The Balaban J connectivity index is 2.06. The highest BCUT2D eigenvalue weighted by atomic mass is 79.9. The second-order valence-corrected chi connectivity index (χ2v) is 5.67. The van der Waals surface area contributed by atoms with Gasteiger partial charge in [-0.1, -0.05) is 35.9 Å². The van der Waals surface area contributed by atoms with Gasteiger partial charge in [0.05, 0.1) is 5.69 Å². The van der Waals surface area contributed by atoms with Gasteiger partial charge in [-0.05, 0) is 41.1 Å². The summed E-state index contributed by atoms with van der Waals surface area (Å²) in [5, 5.41) is 2.66. The minimum Gasteiger partial charge on any atom is -0.438 e. The van der Waals surface area contributed by atoms with Gasteiger partial charge in [-0.15, -0.1) is 0 Å². The molecule has 0 aliphatic heterocycles. The van der Waals surface area contributed by atoms with Crippen LogP contribution in [0.1, 0.15) is 5.69 Å². The molecule has 2 nitrogen and oxygen atoms in total. The summed E-state index contributed by atoms with van der Waals surface area (Å²) in [6.45, 7) is 1.93. The Morgan fingerprint density at radius 2 is 1.75 bits per heavy atom. The molecule has 1 heterocycles. The number of ether oxygens (including phenoxy) is 1. The molecule has 0 radical (unpaired) electrons. The molecule has 4 heteroatoms. The standard InChI is InChI=1S/C16H11BrClNO/c1-10-13(17)6-9-16(19-10)20-15-8-7-14(18)11-4-2-3-5-12(11)15/h2-9H,1H3. The number of fused-ring (bicyclic) bond motifs is 1. The van der Waals surface area contributed by atoms with Gasteiger partial charge in [0.1, 0.15) is 5.75 Å². The van der Waals surface area contributed by atoms with Crippen molar-refractivity contribution in [1.82, 2.24) is 4.98 Å². The average molecular weight is 349 g/mol. The van der Waals surface area contributed by atoms with E-state index in [2.05, 4.69) is 20.9 Å². The first-order valence-corrected chi connectivity index (χ1v) is 7.30. The summed E-state index contributed by atoms with van der Waals surface area (Å²) >= 11 is 9.63. The second-order valence-electron chi connectivity index (χ2n) is 4.41. The smallest absolute Gasteiger partial charge is 0.219 e. The van der Waals surface area contributed by atoms with Crippen LogP contribution in [-0.4, -0.2) is 4.98 Å². The zero-order chi connectivity index (χ0) is 14.1. The van der Waals surface area contributed by atoms with E-state index in [-0.39, 0.29) is 0 Å². The van der Waals surface area contributed by atoms with E-state index >= 15 is 0 Å². The molecule has 20 heavy (non-hydrogen) atoms. The van der Waals surface area contributed by atoms with Gasteiger partial charge in [0, 0.05) is 26.3 Å². The Bertz CT molecular complexity index is 789. The third-order valence-corrected chi connectivity index (χ3v) is 4.21. The van der Waals surface area contributed by atoms with Crippen molar-refractivity contribution in [3.05, 3.63) is 63.7 Å². The largest absolute Gasteiger partial charge is 0.438 e. The van der Waals surface area contributed by atoms with E-state index in [9.17, 15) is 0 Å². The zero-order valence-electron chi connectivity index (χ0n) is 10.7. The summed E-state index contributed by atoms with van der Waals surface area (Å²) < 4.78 is 6.86. The number of nitrogens with zero attached hydrogens (tertiary/aromatic N) is 1. The minimum absolute atomic E-state index is 0.568. The molecule has 0 atom stereocenters. The lowest BCUT2D eigenvalue weighted by Crippen LogP contribution is -1.91. The van der Waals surface area contributed by atoms with Gasteiger partial charge in [0.15, 0.2) is 0 Å². The summed E-state index contributed by atoms with van der Waals surface area (Å²) in [6, 6.07) is 15.4. The van der Waals surface area contributed by atoms with Crippen LogP contribution in [0.2, 0.25) is 5.02 Å². The van der Waals surface area contributed by atoms with Crippen LogP contribution in [-0.2, 0) is 0 Å². The van der Waals surface area contributed by atoms with Crippen LogP contribution in [0.5, 0.6) is 11.6 Å². The normalized spacial score (nSPS) is 10.8. The van der Waals surface area contributed by atoms with Gasteiger partial charge < -0.3 is 4.74 Å². The first-order valence-electron chi connectivity index (χ1n) is 6.13. The Morgan fingerprint density at radius 3 is 2.50 bits per heavy atom. The van der Waals surface area contributed by atoms with E-state index in [4.69, 9.17) is 16.3 Å². The summed E-state index contributed by atoms with van der Waals surface area (Å²) in [5.41, 5.74) is 0.890. The molecule has 0 aliphatic rings. The Kier molecular flexibility index (Phi) is 3.64. The van der Waals surface area contributed by atoms with Crippen LogP contribution in [0.15, 0.2) is 53.0 Å². The maximum atomic E-state index is 6.20. The number of hydrogen-bond acceptors (Lipinski definition) is 2. The van der Waals surface area contributed by atoms with Crippen molar-refractivity contribution in [1.29, 1.82) is 0 Å². The average Bonchev–Trinajstić information content (AvgIpc) is 2.46. The van der Waals surface area contributed by atoms with Gasteiger partial charge in [-0.25, -0.2) is 4.98 Å². The van der Waals surface area contributed by atoms with Gasteiger partial charge in [-0.2, -0.15) is 0 Å². The van der Waals surface area contributed by atoms with Crippen molar-refractivity contribution in [2.45, 2.75) is 6.92 Å². The van der Waals surface area contributed by atoms with Gasteiger partial charge in [0.25, 0.3) is 0 Å². The van der Waals surface area contributed by atoms with Crippen LogP contribution in [0.25, 0.3) is 10.8 Å². The lowest BCUT2D eigenvalue weighted by molar-refractivity contribution is 0.466. The van der Waals surface area contributed by atoms with E-state index in [0.29, 0.717) is 10.9 Å². The van der Waals surface area contributed by atoms with E-state index in [0.717, 1.165) is 26.7 Å². The predicted octanol–water partition coefficient (Wildman–Crippen LogP) is 5.75. The fourth-order valence-electron chi connectivity index (χ4n) is 2.01. The summed E-state index contributed by atoms with van der Waals surface area (Å²) in [7, 11) is 0. The molecule has 2 aromatic carbocycles. The van der Waals surface area contributed by atoms with Crippen molar-refractivity contribution in [3.8, 4) is 11.6 Å². The fraction of sp³-hybridized carbons (Fsp3) is 0.0625. The maximum Gasteiger partial charge on any atom is 0.219 e. The molecule has 0 fully saturated rings. The Morgan fingerprint density at radius 1 is 1.00 bits per heavy atom.